The molecule has 0 bridgehead atoms. The third kappa shape index (κ3) is 4.30. The lowest BCUT2D eigenvalue weighted by molar-refractivity contribution is 0.0473. The van der Waals surface area contributed by atoms with E-state index >= 15 is 0 Å². The maximum Gasteiger partial charge on any atom is 0.264 e. The highest BCUT2D eigenvalue weighted by Crippen LogP contribution is 2.29. The molecule has 0 spiro atoms. The molecular formula is C14H21NO3S. The summed E-state index contributed by atoms with van der Waals surface area (Å²) in [5.41, 5.74) is 1.33. The lowest BCUT2D eigenvalue weighted by Crippen LogP contribution is -2.48. The Morgan fingerprint density at radius 3 is 2.53 bits per heavy atom. The molecule has 1 aliphatic heterocycles. The summed E-state index contributed by atoms with van der Waals surface area (Å²) in [7, 11) is -3.29. The number of benzene rings is 1. The second kappa shape index (κ2) is 6.03. The van der Waals surface area contributed by atoms with E-state index in [1.54, 1.807) is 0 Å². The predicted octanol–water partition coefficient (Wildman–Crippen LogP) is 2.05. The largest absolute Gasteiger partial charge is 0.296 e. The summed E-state index contributed by atoms with van der Waals surface area (Å²) in [6.45, 7) is 4.54. The second-order valence-electron chi connectivity index (χ2n) is 5.22. The van der Waals surface area contributed by atoms with Crippen LogP contribution in [-0.2, 0) is 14.3 Å². The second-order valence-corrected chi connectivity index (χ2v) is 6.87. The summed E-state index contributed by atoms with van der Waals surface area (Å²) in [4.78, 5) is 2.40. The van der Waals surface area contributed by atoms with Crippen molar-refractivity contribution >= 4 is 10.1 Å². The first-order chi connectivity index (χ1) is 8.96. The van der Waals surface area contributed by atoms with E-state index in [1.165, 1.54) is 5.56 Å². The molecule has 1 heterocycles. The first-order valence-corrected chi connectivity index (χ1v) is 8.41. The number of nitrogens with zero attached hydrogens (tertiary/aromatic N) is 1. The van der Waals surface area contributed by atoms with Crippen LogP contribution in [0.4, 0.5) is 0 Å². The fourth-order valence-electron chi connectivity index (χ4n) is 2.42. The summed E-state index contributed by atoms with van der Waals surface area (Å²) >= 11 is 0. The molecule has 1 saturated heterocycles. The lowest BCUT2D eigenvalue weighted by atomic mass is 9.93. The van der Waals surface area contributed by atoms with Crippen molar-refractivity contribution in [3.05, 3.63) is 35.9 Å². The van der Waals surface area contributed by atoms with E-state index in [1.807, 2.05) is 6.07 Å². The molecule has 1 unspecified atom stereocenters. The van der Waals surface area contributed by atoms with Crippen molar-refractivity contribution in [3.63, 3.8) is 0 Å². The minimum absolute atomic E-state index is 0.303. The van der Waals surface area contributed by atoms with Gasteiger partial charge >= 0.3 is 0 Å². The third-order valence-corrected chi connectivity index (χ3v) is 4.23. The van der Waals surface area contributed by atoms with Gasteiger partial charge in [-0.3, -0.25) is 9.08 Å². The zero-order chi connectivity index (χ0) is 13.9. The van der Waals surface area contributed by atoms with Gasteiger partial charge in [-0.2, -0.15) is 8.42 Å². The molecule has 0 aliphatic carbocycles. The minimum atomic E-state index is -3.29. The van der Waals surface area contributed by atoms with Gasteiger partial charge in [-0.05, 0) is 24.8 Å². The van der Waals surface area contributed by atoms with Crippen LogP contribution in [0.3, 0.4) is 0 Å². The molecule has 0 N–H and O–H groups in total. The monoisotopic (exact) mass is 283 g/mol. The molecule has 1 aromatic rings. The van der Waals surface area contributed by atoms with Gasteiger partial charge in [0, 0.05) is 19.1 Å². The molecule has 0 radical (unpaired) electrons. The van der Waals surface area contributed by atoms with Crippen LogP contribution in [0.25, 0.3) is 0 Å². The Labute approximate surface area is 115 Å². The van der Waals surface area contributed by atoms with Crippen LogP contribution < -0.4 is 0 Å². The Hall–Kier alpha value is -0.910. The number of likely N-dealkylation sites (tertiary alicyclic amines) is 1. The van der Waals surface area contributed by atoms with E-state index in [4.69, 9.17) is 4.18 Å². The van der Waals surface area contributed by atoms with Crippen molar-refractivity contribution in [3.8, 4) is 0 Å². The summed E-state index contributed by atoms with van der Waals surface area (Å²) in [5.74, 6) is 0.549. The Morgan fingerprint density at radius 2 is 1.95 bits per heavy atom. The maximum absolute atomic E-state index is 10.8. The van der Waals surface area contributed by atoms with Gasteiger partial charge in [0.1, 0.15) is 0 Å². The van der Waals surface area contributed by atoms with Crippen molar-refractivity contribution in [2.24, 2.45) is 5.92 Å². The van der Waals surface area contributed by atoms with Crippen molar-refractivity contribution < 1.29 is 12.6 Å². The van der Waals surface area contributed by atoms with E-state index in [-0.39, 0.29) is 0 Å². The van der Waals surface area contributed by atoms with Gasteiger partial charge in [0.15, 0.2) is 0 Å². The molecule has 1 fully saturated rings. The zero-order valence-corrected chi connectivity index (χ0v) is 12.3. The molecule has 0 saturated carbocycles. The van der Waals surface area contributed by atoms with Gasteiger partial charge in [0.2, 0.25) is 0 Å². The van der Waals surface area contributed by atoms with Gasteiger partial charge in [-0.1, -0.05) is 30.3 Å². The fourth-order valence-corrected chi connectivity index (χ4v) is 2.82. The van der Waals surface area contributed by atoms with E-state index < -0.39 is 10.1 Å². The summed E-state index contributed by atoms with van der Waals surface area (Å²) in [5, 5.41) is 0. The Kier molecular flexibility index (Phi) is 4.60. The third-order valence-electron chi connectivity index (χ3n) is 3.64. The molecule has 2 rings (SSSR count). The van der Waals surface area contributed by atoms with Gasteiger partial charge in [-0.25, -0.2) is 0 Å². The Morgan fingerprint density at radius 1 is 1.32 bits per heavy atom. The SMILES string of the molecule is CC(c1ccccc1)N1CC(CCOS(C)(=O)=O)C1. The number of hydrogen-bond acceptors (Lipinski definition) is 4. The fraction of sp³-hybridized carbons (Fsp3) is 0.571. The summed E-state index contributed by atoms with van der Waals surface area (Å²) < 4.78 is 26.5. The van der Waals surface area contributed by atoms with Crippen molar-refractivity contribution in [1.82, 2.24) is 4.90 Å². The van der Waals surface area contributed by atoms with Gasteiger partial charge < -0.3 is 0 Å². The molecule has 1 aliphatic rings. The Balaban J connectivity index is 1.71. The standard InChI is InChI=1S/C14H21NO3S/c1-12(14-6-4-3-5-7-14)15-10-13(11-15)8-9-18-19(2,16)17/h3-7,12-13H,8-11H2,1-2H3. The van der Waals surface area contributed by atoms with Crippen LogP contribution in [0.15, 0.2) is 30.3 Å². The number of hydrogen-bond donors (Lipinski definition) is 0. The van der Waals surface area contributed by atoms with Crippen molar-refractivity contribution in [1.29, 1.82) is 0 Å². The van der Waals surface area contributed by atoms with E-state index in [0.717, 1.165) is 25.8 Å². The highest BCUT2D eigenvalue weighted by molar-refractivity contribution is 7.85. The molecule has 0 amide bonds. The van der Waals surface area contributed by atoms with Gasteiger partial charge in [0.05, 0.1) is 12.9 Å². The van der Waals surface area contributed by atoms with Crippen LogP contribution in [0, 0.1) is 5.92 Å². The van der Waals surface area contributed by atoms with Crippen LogP contribution in [0.2, 0.25) is 0 Å². The molecule has 106 valence electrons. The molecule has 0 aromatic heterocycles. The van der Waals surface area contributed by atoms with E-state index in [9.17, 15) is 8.42 Å². The Bertz CT molecular complexity index is 495. The summed E-state index contributed by atoms with van der Waals surface area (Å²) in [6.07, 6.45) is 1.91. The smallest absolute Gasteiger partial charge is 0.264 e. The minimum Gasteiger partial charge on any atom is -0.296 e. The average Bonchev–Trinajstić information content (AvgIpc) is 2.31. The average molecular weight is 283 g/mol. The quantitative estimate of drug-likeness (QED) is 0.750. The van der Waals surface area contributed by atoms with Crippen LogP contribution in [0.5, 0.6) is 0 Å². The van der Waals surface area contributed by atoms with Crippen LogP contribution in [0.1, 0.15) is 24.9 Å². The first kappa shape index (κ1) is 14.5. The molecule has 1 atom stereocenters. The normalized spacial score (nSPS) is 19.1. The maximum atomic E-state index is 10.8. The molecule has 5 heteroatoms. The van der Waals surface area contributed by atoms with Crippen molar-refractivity contribution in [2.45, 2.75) is 19.4 Å². The predicted molar refractivity (Wildman–Crippen MR) is 75.3 cm³/mol. The van der Waals surface area contributed by atoms with Gasteiger partial charge in [-0.15, -0.1) is 0 Å². The van der Waals surface area contributed by atoms with Crippen molar-refractivity contribution in [2.75, 3.05) is 26.0 Å². The first-order valence-electron chi connectivity index (χ1n) is 6.59. The topological polar surface area (TPSA) is 46.6 Å². The van der Waals surface area contributed by atoms with Gasteiger partial charge in [0.25, 0.3) is 10.1 Å². The highest BCUT2D eigenvalue weighted by atomic mass is 32.2. The zero-order valence-electron chi connectivity index (χ0n) is 11.5. The van der Waals surface area contributed by atoms with Crippen LogP contribution >= 0.6 is 0 Å². The molecule has 19 heavy (non-hydrogen) atoms. The molecular weight excluding hydrogens is 262 g/mol. The highest BCUT2D eigenvalue weighted by Gasteiger charge is 2.30. The summed E-state index contributed by atoms with van der Waals surface area (Å²) in [6, 6.07) is 10.9. The molecule has 1 aromatic carbocycles. The molecule has 4 nitrogen and oxygen atoms in total. The van der Waals surface area contributed by atoms with Crippen LogP contribution in [-0.4, -0.2) is 39.3 Å². The lowest BCUT2D eigenvalue weighted by Gasteiger charge is -2.43. The number of rotatable bonds is 6. The van der Waals surface area contributed by atoms with E-state index in [0.29, 0.717) is 18.6 Å². The van der Waals surface area contributed by atoms with E-state index in [2.05, 4.69) is 36.1 Å².